The lowest BCUT2D eigenvalue weighted by Crippen LogP contribution is -2.46. The van der Waals surface area contributed by atoms with E-state index in [1.165, 1.54) is 12.4 Å². The Bertz CT molecular complexity index is 1170. The number of aliphatic hydroxyl groups is 1. The van der Waals surface area contributed by atoms with Gasteiger partial charge in [0.25, 0.3) is 0 Å². The lowest BCUT2D eigenvalue weighted by molar-refractivity contribution is -0.145. The van der Waals surface area contributed by atoms with Crippen molar-refractivity contribution >= 4 is 23.3 Å². The molecule has 40 heavy (non-hydrogen) atoms. The van der Waals surface area contributed by atoms with Crippen molar-refractivity contribution in [2.45, 2.75) is 42.5 Å². The number of aliphatic hydroxyl groups excluding tert-OH is 1. The molecule has 1 amide bonds. The van der Waals surface area contributed by atoms with Gasteiger partial charge in [-0.3, -0.25) is 9.69 Å². The predicted molar refractivity (Wildman–Crippen MR) is 139 cm³/mol. The Labute approximate surface area is 234 Å². The first kappa shape index (κ1) is 28.9. The standard InChI is InChI=1S/C26H32ClF3N6O4/c27-19-2-3-20-18(1-4-22(34-20)36-7-10-40-17(14-36)15-37)23(19)24(38)31-13-21(35-5-8-39-9-6-35)16-11-32-25(33-12-16)26(28,29)30/h1,4,11-12,17,19,21,23,37H,2-3,5-10,13-15H2,(H,31,38). The number of ether oxygens (including phenoxy) is 2. The fourth-order valence-corrected chi connectivity index (χ4v) is 5.81. The molecule has 3 aliphatic rings. The first-order chi connectivity index (χ1) is 19.2. The van der Waals surface area contributed by atoms with Gasteiger partial charge >= 0.3 is 6.18 Å². The second-order valence-electron chi connectivity index (χ2n) is 10.1. The number of aromatic nitrogens is 3. The van der Waals surface area contributed by atoms with Crippen molar-refractivity contribution in [1.29, 1.82) is 0 Å². The Kier molecular flexibility index (Phi) is 9.05. The average molecular weight is 585 g/mol. The van der Waals surface area contributed by atoms with Gasteiger partial charge in [0.15, 0.2) is 0 Å². The van der Waals surface area contributed by atoms with Crippen molar-refractivity contribution in [3.63, 3.8) is 0 Å². The second kappa shape index (κ2) is 12.5. The van der Waals surface area contributed by atoms with Crippen LogP contribution in [0.1, 0.15) is 41.0 Å². The second-order valence-corrected chi connectivity index (χ2v) is 10.7. The number of pyridine rings is 1. The van der Waals surface area contributed by atoms with Crippen molar-refractivity contribution in [1.82, 2.24) is 25.2 Å². The van der Waals surface area contributed by atoms with Gasteiger partial charge in [0, 0.05) is 61.8 Å². The van der Waals surface area contributed by atoms with Gasteiger partial charge in [0.1, 0.15) is 5.82 Å². The summed E-state index contributed by atoms with van der Waals surface area (Å²) in [6, 6.07) is 3.32. The summed E-state index contributed by atoms with van der Waals surface area (Å²) < 4.78 is 50.0. The number of hydrogen-bond donors (Lipinski definition) is 2. The van der Waals surface area contributed by atoms with Crippen molar-refractivity contribution in [3.8, 4) is 0 Å². The van der Waals surface area contributed by atoms with Crippen LogP contribution in [0.3, 0.4) is 0 Å². The van der Waals surface area contributed by atoms with Gasteiger partial charge in [-0.1, -0.05) is 6.07 Å². The first-order valence-corrected chi connectivity index (χ1v) is 13.8. The van der Waals surface area contributed by atoms with Gasteiger partial charge < -0.3 is 24.8 Å². The van der Waals surface area contributed by atoms with Gasteiger partial charge in [-0.2, -0.15) is 13.2 Å². The molecule has 10 nitrogen and oxygen atoms in total. The van der Waals surface area contributed by atoms with E-state index < -0.39 is 29.3 Å². The molecule has 0 saturated carbocycles. The molecular weight excluding hydrogens is 553 g/mol. The van der Waals surface area contributed by atoms with Crippen molar-refractivity contribution < 1.29 is 32.5 Å². The lowest BCUT2D eigenvalue weighted by Gasteiger charge is -2.36. The van der Waals surface area contributed by atoms with Crippen molar-refractivity contribution in [2.24, 2.45) is 0 Å². The minimum atomic E-state index is -4.64. The zero-order chi connectivity index (χ0) is 28.3. The zero-order valence-electron chi connectivity index (χ0n) is 21.8. The fraction of sp³-hybridized carbons (Fsp3) is 0.615. The molecule has 0 bridgehead atoms. The Morgan fingerprint density at radius 2 is 1.93 bits per heavy atom. The van der Waals surface area contributed by atoms with Crippen molar-refractivity contribution in [2.75, 3.05) is 64.1 Å². The summed E-state index contributed by atoms with van der Waals surface area (Å²) in [5.41, 5.74) is 2.04. The number of rotatable bonds is 7. The highest BCUT2D eigenvalue weighted by molar-refractivity contribution is 6.23. The number of anilines is 1. The van der Waals surface area contributed by atoms with Crippen LogP contribution in [-0.2, 0) is 26.9 Å². The number of carbonyl (C=O) groups excluding carboxylic acids is 1. The third kappa shape index (κ3) is 6.49. The Balaban J connectivity index is 1.32. The molecule has 2 aromatic rings. The maximum Gasteiger partial charge on any atom is 0.451 e. The number of hydrogen-bond acceptors (Lipinski definition) is 9. The number of morpholine rings is 2. The van der Waals surface area contributed by atoms with Crippen LogP contribution in [-0.4, -0.2) is 101 Å². The maximum absolute atomic E-state index is 13.5. The fourth-order valence-electron chi connectivity index (χ4n) is 5.45. The first-order valence-electron chi connectivity index (χ1n) is 13.3. The Hall–Kier alpha value is -2.58. The summed E-state index contributed by atoms with van der Waals surface area (Å²) in [6.07, 6.45) is -1.37. The number of nitrogens with one attached hydrogen (secondary N) is 1. The number of fused-ring (bicyclic) bond motifs is 1. The monoisotopic (exact) mass is 584 g/mol. The normalized spacial score (nSPS) is 24.8. The van der Waals surface area contributed by atoms with Crippen LogP contribution in [0.25, 0.3) is 0 Å². The van der Waals surface area contributed by atoms with Crippen LogP contribution < -0.4 is 10.2 Å². The molecule has 0 aromatic carbocycles. The number of aryl methyl sites for hydroxylation is 1. The van der Waals surface area contributed by atoms with Gasteiger partial charge in [-0.15, -0.1) is 11.6 Å². The minimum Gasteiger partial charge on any atom is -0.394 e. The summed E-state index contributed by atoms with van der Waals surface area (Å²) >= 11 is 6.68. The summed E-state index contributed by atoms with van der Waals surface area (Å²) in [5.74, 6) is -1.34. The van der Waals surface area contributed by atoms with Crippen LogP contribution in [0.15, 0.2) is 24.5 Å². The van der Waals surface area contributed by atoms with Gasteiger partial charge in [0.2, 0.25) is 11.7 Å². The molecule has 218 valence electrons. The van der Waals surface area contributed by atoms with E-state index in [1.54, 1.807) is 0 Å². The molecular formula is C26H32ClF3N6O4. The Morgan fingerprint density at radius 1 is 1.18 bits per heavy atom. The minimum absolute atomic E-state index is 0.0678. The predicted octanol–water partition coefficient (Wildman–Crippen LogP) is 1.91. The third-order valence-corrected chi connectivity index (χ3v) is 8.03. The molecule has 14 heteroatoms. The molecule has 4 atom stereocenters. The summed E-state index contributed by atoms with van der Waals surface area (Å²) in [7, 11) is 0. The van der Waals surface area contributed by atoms with E-state index in [4.69, 9.17) is 26.1 Å². The topological polar surface area (TPSA) is 113 Å². The van der Waals surface area contributed by atoms with E-state index >= 15 is 0 Å². The van der Waals surface area contributed by atoms with E-state index in [0.29, 0.717) is 64.4 Å². The highest BCUT2D eigenvalue weighted by Crippen LogP contribution is 2.36. The summed E-state index contributed by atoms with van der Waals surface area (Å²) in [5, 5.41) is 12.0. The number of halogens is 4. The average Bonchev–Trinajstić information content (AvgIpc) is 2.97. The van der Waals surface area contributed by atoms with Crippen LogP contribution >= 0.6 is 11.6 Å². The number of alkyl halides is 4. The van der Waals surface area contributed by atoms with E-state index in [9.17, 15) is 23.1 Å². The smallest absolute Gasteiger partial charge is 0.394 e. The molecule has 4 unspecified atom stereocenters. The molecule has 2 fully saturated rings. The third-order valence-electron chi connectivity index (χ3n) is 7.56. The van der Waals surface area contributed by atoms with Gasteiger partial charge in [-0.05, 0) is 24.5 Å². The number of amides is 1. The molecule has 2 saturated heterocycles. The molecule has 0 spiro atoms. The van der Waals surface area contributed by atoms with E-state index in [2.05, 4.69) is 20.2 Å². The molecule has 5 rings (SSSR count). The highest BCUT2D eigenvalue weighted by atomic mass is 35.5. The molecule has 1 aliphatic carbocycles. The van der Waals surface area contributed by atoms with Gasteiger partial charge in [0.05, 0.1) is 44.5 Å². The zero-order valence-corrected chi connectivity index (χ0v) is 22.6. The van der Waals surface area contributed by atoms with Crippen LogP contribution in [0.5, 0.6) is 0 Å². The van der Waals surface area contributed by atoms with E-state index in [1.807, 2.05) is 17.0 Å². The summed E-state index contributed by atoms with van der Waals surface area (Å²) in [4.78, 5) is 29.5. The van der Waals surface area contributed by atoms with Gasteiger partial charge in [-0.25, -0.2) is 15.0 Å². The summed E-state index contributed by atoms with van der Waals surface area (Å²) in [6.45, 7) is 3.81. The molecule has 0 radical (unpaired) electrons. The highest BCUT2D eigenvalue weighted by Gasteiger charge is 2.37. The van der Waals surface area contributed by atoms with Crippen LogP contribution in [0.2, 0.25) is 0 Å². The number of carbonyl (C=O) groups is 1. The van der Waals surface area contributed by atoms with E-state index in [0.717, 1.165) is 17.1 Å². The molecule has 2 aromatic heterocycles. The number of nitrogens with zero attached hydrogens (tertiary/aromatic N) is 5. The molecule has 2 N–H and O–H groups in total. The van der Waals surface area contributed by atoms with Crippen molar-refractivity contribution in [3.05, 3.63) is 47.2 Å². The van der Waals surface area contributed by atoms with Crippen LogP contribution in [0.4, 0.5) is 19.0 Å². The largest absolute Gasteiger partial charge is 0.451 e. The van der Waals surface area contributed by atoms with Crippen LogP contribution in [0, 0.1) is 0 Å². The molecule has 2 aliphatic heterocycles. The maximum atomic E-state index is 13.5. The van der Waals surface area contributed by atoms with E-state index in [-0.39, 0.29) is 25.2 Å². The quantitative estimate of drug-likeness (QED) is 0.471. The lowest BCUT2D eigenvalue weighted by atomic mass is 9.84. The molecule has 4 heterocycles. The SMILES string of the molecule is O=C(NCC(c1cnc(C(F)(F)F)nc1)N1CCOCC1)C1c2ccc(N3CCOC(CO)C3)nc2CCC1Cl. The Morgan fingerprint density at radius 3 is 2.62 bits per heavy atom.